The predicted octanol–water partition coefficient (Wildman–Crippen LogP) is 2.61. The van der Waals surface area contributed by atoms with Crippen molar-refractivity contribution >= 4 is 0 Å². The van der Waals surface area contributed by atoms with Crippen LogP contribution in [0.1, 0.15) is 5.69 Å². The molecule has 5 heteroatoms. The second-order valence-corrected chi connectivity index (χ2v) is 4.86. The summed E-state index contributed by atoms with van der Waals surface area (Å²) in [5.41, 5.74) is 2.29. The Morgan fingerprint density at radius 1 is 1.05 bits per heavy atom. The van der Waals surface area contributed by atoms with Crippen molar-refractivity contribution in [2.24, 2.45) is 0 Å². The van der Waals surface area contributed by atoms with E-state index >= 15 is 0 Å². The van der Waals surface area contributed by atoms with Crippen LogP contribution in [0, 0.1) is 6.92 Å². The van der Waals surface area contributed by atoms with Gasteiger partial charge in [-0.1, -0.05) is 18.2 Å². The molecule has 110 valence electrons. The van der Waals surface area contributed by atoms with E-state index in [1.165, 1.54) is 4.68 Å². The Balaban J connectivity index is 2.00. The fourth-order valence-corrected chi connectivity index (χ4v) is 2.17. The maximum atomic E-state index is 12.3. The lowest BCUT2D eigenvalue weighted by atomic mass is 10.1. The van der Waals surface area contributed by atoms with Crippen LogP contribution in [-0.2, 0) is 0 Å². The van der Waals surface area contributed by atoms with E-state index in [2.05, 4.69) is 10.1 Å². The number of rotatable bonds is 3. The summed E-state index contributed by atoms with van der Waals surface area (Å²) in [5.74, 6) is 1.29. The average molecular weight is 293 g/mol. The topological polar surface area (TPSA) is 57.0 Å². The van der Waals surface area contributed by atoms with Crippen LogP contribution in [0.2, 0.25) is 0 Å². The Morgan fingerprint density at radius 3 is 2.45 bits per heavy atom. The molecule has 0 amide bonds. The number of methoxy groups -OCH3 is 1. The van der Waals surface area contributed by atoms with Crippen molar-refractivity contribution in [2.45, 2.75) is 6.92 Å². The summed E-state index contributed by atoms with van der Waals surface area (Å²) in [4.78, 5) is 16.6. The summed E-state index contributed by atoms with van der Waals surface area (Å²) in [6.07, 6.45) is 1.66. The van der Waals surface area contributed by atoms with Crippen LogP contribution in [0.5, 0.6) is 5.75 Å². The van der Waals surface area contributed by atoms with Crippen LogP contribution in [0.4, 0.5) is 0 Å². The molecule has 1 aromatic carbocycles. The first kappa shape index (κ1) is 14.0. The Kier molecular flexibility index (Phi) is 3.70. The van der Waals surface area contributed by atoms with Crippen molar-refractivity contribution in [1.29, 1.82) is 0 Å². The molecular weight excluding hydrogens is 278 g/mol. The van der Waals surface area contributed by atoms with E-state index < -0.39 is 0 Å². The Labute approximate surface area is 127 Å². The van der Waals surface area contributed by atoms with E-state index in [0.717, 1.165) is 22.6 Å². The third kappa shape index (κ3) is 2.74. The second kappa shape index (κ2) is 5.81. The normalized spacial score (nSPS) is 10.5. The van der Waals surface area contributed by atoms with Crippen LogP contribution < -0.4 is 10.3 Å². The number of nitrogens with zero attached hydrogens (tertiary/aromatic N) is 3. The molecule has 0 saturated carbocycles. The van der Waals surface area contributed by atoms with E-state index in [-0.39, 0.29) is 5.56 Å². The number of hydrogen-bond acceptors (Lipinski definition) is 4. The van der Waals surface area contributed by atoms with Gasteiger partial charge in [0.1, 0.15) is 5.75 Å². The number of hydrogen-bond donors (Lipinski definition) is 0. The molecule has 0 saturated heterocycles. The first-order chi connectivity index (χ1) is 10.7. The third-order valence-electron chi connectivity index (χ3n) is 3.31. The van der Waals surface area contributed by atoms with Gasteiger partial charge in [0, 0.05) is 17.3 Å². The molecule has 0 aliphatic rings. The van der Waals surface area contributed by atoms with Crippen LogP contribution in [0.3, 0.4) is 0 Å². The quantitative estimate of drug-likeness (QED) is 0.745. The SMILES string of the molecule is COc1ccc(-c2cnn(-c3cccc(C)n3)c(=O)c2)cc1. The van der Waals surface area contributed by atoms with Gasteiger partial charge in [0.25, 0.3) is 5.56 Å². The van der Waals surface area contributed by atoms with Gasteiger partial charge in [-0.2, -0.15) is 9.78 Å². The number of benzene rings is 1. The van der Waals surface area contributed by atoms with Crippen molar-refractivity contribution in [3.05, 3.63) is 70.8 Å². The molecule has 5 nitrogen and oxygen atoms in total. The molecule has 0 aliphatic heterocycles. The molecule has 0 bridgehead atoms. The van der Waals surface area contributed by atoms with Crippen molar-refractivity contribution in [1.82, 2.24) is 14.8 Å². The molecule has 0 fully saturated rings. The Hall–Kier alpha value is -2.95. The maximum Gasteiger partial charge on any atom is 0.273 e. The van der Waals surface area contributed by atoms with Crippen molar-refractivity contribution < 1.29 is 4.74 Å². The van der Waals surface area contributed by atoms with Gasteiger partial charge in [0.05, 0.1) is 13.3 Å². The van der Waals surface area contributed by atoms with Gasteiger partial charge in [0.2, 0.25) is 0 Å². The van der Waals surface area contributed by atoms with Gasteiger partial charge in [-0.05, 0) is 36.8 Å². The van der Waals surface area contributed by atoms with Gasteiger partial charge < -0.3 is 4.74 Å². The minimum atomic E-state index is -0.216. The summed E-state index contributed by atoms with van der Waals surface area (Å²) in [6.45, 7) is 1.88. The smallest absolute Gasteiger partial charge is 0.273 e. The fourth-order valence-electron chi connectivity index (χ4n) is 2.17. The molecule has 0 unspecified atom stereocenters. The minimum absolute atomic E-state index is 0.216. The number of aromatic nitrogens is 3. The second-order valence-electron chi connectivity index (χ2n) is 4.86. The van der Waals surface area contributed by atoms with Crippen molar-refractivity contribution in [3.8, 4) is 22.7 Å². The number of pyridine rings is 1. The summed E-state index contributed by atoms with van der Waals surface area (Å²) in [5, 5.41) is 4.22. The molecular formula is C17H15N3O2. The first-order valence-corrected chi connectivity index (χ1v) is 6.85. The summed E-state index contributed by atoms with van der Waals surface area (Å²) >= 11 is 0. The fraction of sp³-hybridized carbons (Fsp3) is 0.118. The van der Waals surface area contributed by atoms with Gasteiger partial charge in [0.15, 0.2) is 5.82 Å². The summed E-state index contributed by atoms with van der Waals surface area (Å²) in [6, 6.07) is 14.5. The lowest BCUT2D eigenvalue weighted by Gasteiger charge is -2.06. The monoisotopic (exact) mass is 293 g/mol. The van der Waals surface area contributed by atoms with Crippen molar-refractivity contribution in [3.63, 3.8) is 0 Å². The van der Waals surface area contributed by atoms with E-state index in [9.17, 15) is 4.79 Å². The highest BCUT2D eigenvalue weighted by Gasteiger charge is 2.06. The molecule has 0 atom stereocenters. The maximum absolute atomic E-state index is 12.3. The zero-order valence-corrected chi connectivity index (χ0v) is 12.4. The highest BCUT2D eigenvalue weighted by molar-refractivity contribution is 5.62. The first-order valence-electron chi connectivity index (χ1n) is 6.85. The Bertz CT molecular complexity index is 854. The molecule has 3 rings (SSSR count). The molecule has 0 radical (unpaired) electrons. The summed E-state index contributed by atoms with van der Waals surface area (Å²) in [7, 11) is 1.62. The van der Waals surface area contributed by atoms with E-state index in [0.29, 0.717) is 5.82 Å². The molecule has 3 aromatic rings. The third-order valence-corrected chi connectivity index (χ3v) is 3.31. The molecule has 2 heterocycles. The zero-order valence-electron chi connectivity index (χ0n) is 12.4. The predicted molar refractivity (Wildman–Crippen MR) is 84.4 cm³/mol. The summed E-state index contributed by atoms with van der Waals surface area (Å²) < 4.78 is 6.42. The lowest BCUT2D eigenvalue weighted by Crippen LogP contribution is -2.21. The average Bonchev–Trinajstić information content (AvgIpc) is 2.55. The van der Waals surface area contributed by atoms with E-state index in [4.69, 9.17) is 4.74 Å². The van der Waals surface area contributed by atoms with Gasteiger partial charge in [-0.15, -0.1) is 0 Å². The van der Waals surface area contributed by atoms with Crippen molar-refractivity contribution in [2.75, 3.05) is 7.11 Å². The van der Waals surface area contributed by atoms with Gasteiger partial charge in [-0.3, -0.25) is 4.79 Å². The standard InChI is InChI=1S/C17H15N3O2/c1-12-4-3-5-16(19-12)20-17(21)10-14(11-18-20)13-6-8-15(22-2)9-7-13/h3-11H,1-2H3. The highest BCUT2D eigenvalue weighted by atomic mass is 16.5. The minimum Gasteiger partial charge on any atom is -0.497 e. The van der Waals surface area contributed by atoms with Gasteiger partial charge in [-0.25, -0.2) is 4.98 Å². The Morgan fingerprint density at radius 2 is 1.82 bits per heavy atom. The van der Waals surface area contributed by atoms with Crippen LogP contribution in [0.25, 0.3) is 16.9 Å². The van der Waals surface area contributed by atoms with Gasteiger partial charge >= 0.3 is 0 Å². The lowest BCUT2D eigenvalue weighted by molar-refractivity contribution is 0.415. The zero-order chi connectivity index (χ0) is 15.5. The molecule has 2 aromatic heterocycles. The highest BCUT2D eigenvalue weighted by Crippen LogP contribution is 2.20. The molecule has 0 N–H and O–H groups in total. The number of ether oxygens (including phenoxy) is 1. The van der Waals surface area contributed by atoms with Crippen LogP contribution in [0.15, 0.2) is 59.5 Å². The van der Waals surface area contributed by atoms with Crippen LogP contribution >= 0.6 is 0 Å². The van der Waals surface area contributed by atoms with E-state index in [1.807, 2.05) is 43.3 Å². The molecule has 0 aliphatic carbocycles. The number of aryl methyl sites for hydroxylation is 1. The molecule has 22 heavy (non-hydrogen) atoms. The largest absolute Gasteiger partial charge is 0.497 e. The van der Waals surface area contributed by atoms with Crippen LogP contribution in [-0.4, -0.2) is 21.9 Å². The van der Waals surface area contributed by atoms with E-state index in [1.54, 1.807) is 25.4 Å². The molecule has 0 spiro atoms.